The van der Waals surface area contributed by atoms with Crippen molar-refractivity contribution in [1.29, 1.82) is 0 Å². The third-order valence-electron chi connectivity index (χ3n) is 2.32. The third-order valence-corrected chi connectivity index (χ3v) is 3.36. The van der Waals surface area contributed by atoms with Crippen molar-refractivity contribution in [3.63, 3.8) is 0 Å². The van der Waals surface area contributed by atoms with E-state index < -0.39 is 7.91 Å². The highest BCUT2D eigenvalue weighted by molar-refractivity contribution is 7.48. The molecule has 0 heterocycles. The molecule has 1 aliphatic rings. The smallest absolute Gasteiger partial charge is 0.284 e. The molecule has 0 aromatic carbocycles. The molecule has 1 saturated carbocycles. The zero-order valence-corrected chi connectivity index (χ0v) is 9.47. The molecule has 0 aromatic heterocycles. The molecular weight excluding hydrogens is 206 g/mol. The summed E-state index contributed by atoms with van der Waals surface area (Å²) >= 11 is 0. The average Bonchev–Trinajstić information content (AvgIpc) is 2.56. The summed E-state index contributed by atoms with van der Waals surface area (Å²) in [6, 6.07) is 0. The Morgan fingerprint density at radius 3 is 2.64 bits per heavy atom. The van der Waals surface area contributed by atoms with Gasteiger partial charge in [-0.05, 0) is 19.3 Å². The zero-order valence-electron chi connectivity index (χ0n) is 8.58. The van der Waals surface area contributed by atoms with Gasteiger partial charge in [0.2, 0.25) is 0 Å². The second kappa shape index (κ2) is 5.84. The fourth-order valence-electron chi connectivity index (χ4n) is 1.52. The third kappa shape index (κ3) is 4.54. The second-order valence-corrected chi connectivity index (χ2v) is 4.96. The van der Waals surface area contributed by atoms with Gasteiger partial charge in [0.25, 0.3) is 0 Å². The van der Waals surface area contributed by atoms with Gasteiger partial charge in [0.05, 0.1) is 12.7 Å². The SMILES string of the molecule is CCCCOP(=O)(F)OC1CCCC1. The molecule has 5 heteroatoms. The first-order chi connectivity index (χ1) is 6.64. The Kier molecular flexibility index (Phi) is 5.07. The van der Waals surface area contributed by atoms with Crippen LogP contribution in [-0.2, 0) is 13.6 Å². The molecular formula is C9H18FO3P. The summed E-state index contributed by atoms with van der Waals surface area (Å²) < 4.78 is 33.7. The van der Waals surface area contributed by atoms with Crippen LogP contribution in [0.15, 0.2) is 0 Å². The minimum absolute atomic E-state index is 0.178. The van der Waals surface area contributed by atoms with Gasteiger partial charge in [-0.2, -0.15) is 0 Å². The van der Waals surface area contributed by atoms with Crippen molar-refractivity contribution in [2.24, 2.45) is 0 Å². The van der Waals surface area contributed by atoms with Gasteiger partial charge in [-0.25, -0.2) is 4.57 Å². The first-order valence-corrected chi connectivity index (χ1v) is 6.70. The van der Waals surface area contributed by atoms with Crippen molar-refractivity contribution in [2.45, 2.75) is 51.6 Å². The fourth-order valence-corrected chi connectivity index (χ4v) is 2.50. The molecule has 0 bridgehead atoms. The van der Waals surface area contributed by atoms with Crippen LogP contribution in [0.25, 0.3) is 0 Å². The van der Waals surface area contributed by atoms with Crippen LogP contribution in [0.1, 0.15) is 45.4 Å². The van der Waals surface area contributed by atoms with E-state index >= 15 is 0 Å². The Morgan fingerprint density at radius 2 is 2.07 bits per heavy atom. The van der Waals surface area contributed by atoms with Crippen LogP contribution < -0.4 is 0 Å². The highest BCUT2D eigenvalue weighted by Gasteiger charge is 2.30. The van der Waals surface area contributed by atoms with Gasteiger partial charge in [0.15, 0.2) is 0 Å². The average molecular weight is 224 g/mol. The van der Waals surface area contributed by atoms with E-state index in [1.54, 1.807) is 0 Å². The molecule has 0 aliphatic heterocycles. The van der Waals surface area contributed by atoms with Crippen molar-refractivity contribution in [3.05, 3.63) is 0 Å². The van der Waals surface area contributed by atoms with E-state index in [1.807, 2.05) is 6.92 Å². The predicted octanol–water partition coefficient (Wildman–Crippen LogP) is 3.84. The second-order valence-electron chi connectivity index (χ2n) is 3.63. The van der Waals surface area contributed by atoms with Gasteiger partial charge in [-0.1, -0.05) is 26.2 Å². The van der Waals surface area contributed by atoms with Crippen LogP contribution in [0.3, 0.4) is 0 Å². The predicted molar refractivity (Wildman–Crippen MR) is 52.9 cm³/mol. The summed E-state index contributed by atoms with van der Waals surface area (Å²) in [6.07, 6.45) is 5.05. The Labute approximate surface area is 84.6 Å². The lowest BCUT2D eigenvalue weighted by molar-refractivity contribution is 0.126. The van der Waals surface area contributed by atoms with E-state index in [0.717, 1.165) is 32.1 Å². The van der Waals surface area contributed by atoms with Gasteiger partial charge in [-0.15, -0.1) is 4.20 Å². The largest absolute Gasteiger partial charge is 0.513 e. The summed E-state index contributed by atoms with van der Waals surface area (Å²) in [4.78, 5) is 0. The minimum Gasteiger partial charge on any atom is -0.284 e. The lowest BCUT2D eigenvalue weighted by Gasteiger charge is -2.14. The highest BCUT2D eigenvalue weighted by atomic mass is 31.2. The van der Waals surface area contributed by atoms with Gasteiger partial charge in [0.1, 0.15) is 0 Å². The molecule has 0 radical (unpaired) electrons. The first kappa shape index (κ1) is 12.2. The molecule has 84 valence electrons. The molecule has 1 unspecified atom stereocenters. The Morgan fingerprint density at radius 1 is 1.43 bits per heavy atom. The summed E-state index contributed by atoms with van der Waals surface area (Å²) in [7, 11) is -4.27. The summed E-state index contributed by atoms with van der Waals surface area (Å²) in [5.41, 5.74) is 0. The van der Waals surface area contributed by atoms with Gasteiger partial charge < -0.3 is 0 Å². The molecule has 0 saturated heterocycles. The molecule has 1 rings (SSSR count). The number of unbranched alkanes of at least 4 members (excludes halogenated alkanes) is 1. The normalized spacial score (nSPS) is 22.4. The van der Waals surface area contributed by atoms with Crippen LogP contribution >= 0.6 is 7.91 Å². The molecule has 1 atom stereocenters. The van der Waals surface area contributed by atoms with Crippen LogP contribution in [0.2, 0.25) is 0 Å². The highest BCUT2D eigenvalue weighted by Crippen LogP contribution is 2.52. The Hall–Kier alpha value is 0.0800. The van der Waals surface area contributed by atoms with E-state index in [1.165, 1.54) is 0 Å². The van der Waals surface area contributed by atoms with E-state index in [9.17, 15) is 8.76 Å². The minimum atomic E-state index is -4.27. The summed E-state index contributed by atoms with van der Waals surface area (Å²) in [5.74, 6) is 0. The first-order valence-electron chi connectivity index (χ1n) is 5.26. The maximum atomic E-state index is 13.2. The standard InChI is InChI=1S/C9H18FO3P/c1-2-3-8-12-14(10,11)13-9-6-4-5-7-9/h9H,2-8H2,1H3. The summed E-state index contributed by atoms with van der Waals surface area (Å²) in [5, 5.41) is 0. The van der Waals surface area contributed by atoms with E-state index in [2.05, 4.69) is 4.52 Å². The number of rotatable bonds is 6. The van der Waals surface area contributed by atoms with Gasteiger partial charge in [-0.3, -0.25) is 9.05 Å². The lowest BCUT2D eigenvalue weighted by atomic mass is 10.3. The number of halogens is 1. The number of hydrogen-bond donors (Lipinski definition) is 0. The topological polar surface area (TPSA) is 35.5 Å². The van der Waals surface area contributed by atoms with Crippen molar-refractivity contribution >= 4 is 7.91 Å². The Bertz CT molecular complexity index is 204. The fraction of sp³-hybridized carbons (Fsp3) is 1.00. The molecule has 0 spiro atoms. The zero-order chi connectivity index (χ0) is 10.4. The molecule has 1 fully saturated rings. The van der Waals surface area contributed by atoms with Crippen LogP contribution in [0.4, 0.5) is 4.20 Å². The van der Waals surface area contributed by atoms with E-state index in [4.69, 9.17) is 4.52 Å². The van der Waals surface area contributed by atoms with Crippen LogP contribution in [0, 0.1) is 0 Å². The molecule has 14 heavy (non-hydrogen) atoms. The molecule has 1 aliphatic carbocycles. The molecule has 3 nitrogen and oxygen atoms in total. The van der Waals surface area contributed by atoms with Crippen molar-refractivity contribution in [1.82, 2.24) is 0 Å². The molecule has 0 aromatic rings. The van der Waals surface area contributed by atoms with Gasteiger partial charge in [0, 0.05) is 0 Å². The molecule has 0 N–H and O–H groups in total. The maximum Gasteiger partial charge on any atom is 0.513 e. The van der Waals surface area contributed by atoms with E-state index in [0.29, 0.717) is 6.42 Å². The van der Waals surface area contributed by atoms with Gasteiger partial charge >= 0.3 is 7.91 Å². The monoisotopic (exact) mass is 224 g/mol. The van der Waals surface area contributed by atoms with Crippen molar-refractivity contribution in [2.75, 3.05) is 6.61 Å². The van der Waals surface area contributed by atoms with Crippen LogP contribution in [0.5, 0.6) is 0 Å². The quantitative estimate of drug-likeness (QED) is 0.508. The maximum absolute atomic E-state index is 13.2. The Balaban J connectivity index is 2.22. The number of hydrogen-bond acceptors (Lipinski definition) is 3. The lowest BCUT2D eigenvalue weighted by Crippen LogP contribution is -2.05. The van der Waals surface area contributed by atoms with Crippen molar-refractivity contribution in [3.8, 4) is 0 Å². The van der Waals surface area contributed by atoms with Crippen LogP contribution in [-0.4, -0.2) is 12.7 Å². The van der Waals surface area contributed by atoms with Crippen molar-refractivity contribution < 1.29 is 17.8 Å². The van der Waals surface area contributed by atoms with E-state index in [-0.39, 0.29) is 12.7 Å². The summed E-state index contributed by atoms with van der Waals surface area (Å²) in [6.45, 7) is 2.14. The molecule has 0 amide bonds.